The van der Waals surface area contributed by atoms with E-state index in [0.717, 1.165) is 29.9 Å². The number of nitrogens with one attached hydrogen (secondary N) is 1. The summed E-state index contributed by atoms with van der Waals surface area (Å²) in [6, 6.07) is 8.91. The van der Waals surface area contributed by atoms with Gasteiger partial charge in [0.2, 0.25) is 0 Å². The molecule has 0 heterocycles. The molecule has 2 aliphatic rings. The van der Waals surface area contributed by atoms with Gasteiger partial charge in [0.1, 0.15) is 18.5 Å². The number of hydrogen-bond donors (Lipinski definition) is 2. The van der Waals surface area contributed by atoms with Crippen molar-refractivity contribution >= 4 is 0 Å². The molecule has 2 saturated carbocycles. The van der Waals surface area contributed by atoms with E-state index in [-0.39, 0.29) is 5.41 Å². The maximum absolute atomic E-state index is 10.4. The lowest BCUT2D eigenvalue weighted by Crippen LogP contribution is -2.41. The molecule has 2 aliphatic carbocycles. The molecule has 0 aliphatic heterocycles. The van der Waals surface area contributed by atoms with Crippen LogP contribution in [-0.2, 0) is 5.41 Å². The fourth-order valence-corrected chi connectivity index (χ4v) is 6.06. The van der Waals surface area contributed by atoms with Gasteiger partial charge in [-0.1, -0.05) is 53.2 Å². The third kappa shape index (κ3) is 6.21. The summed E-state index contributed by atoms with van der Waals surface area (Å²) < 4.78 is 5.85. The number of aliphatic hydroxyl groups is 1. The Hall–Kier alpha value is -1.06. The normalized spacial score (nSPS) is 26.5. The van der Waals surface area contributed by atoms with Crippen LogP contribution < -0.4 is 10.1 Å². The standard InChI is InChI=1S/C26H43NO2/c1-18(24-14-19-7-8-20(24)13-19)27-15-22(28)16-29-23-11-9-21(10-12-23)26(5,6)17-25(2,3)4/h9-12,18-20,22,24,27-28H,7-8,13-17H2,1-6H3/t18-,19-,20-,22-,24+/m0/s1. The largest absolute Gasteiger partial charge is 0.491 e. The molecule has 29 heavy (non-hydrogen) atoms. The molecule has 5 atom stereocenters. The lowest BCUT2D eigenvalue weighted by molar-refractivity contribution is 0.0993. The van der Waals surface area contributed by atoms with E-state index >= 15 is 0 Å². The van der Waals surface area contributed by atoms with Crippen molar-refractivity contribution in [3.05, 3.63) is 29.8 Å². The minimum Gasteiger partial charge on any atom is -0.491 e. The van der Waals surface area contributed by atoms with E-state index in [1.54, 1.807) is 0 Å². The lowest BCUT2D eigenvalue weighted by atomic mass is 9.72. The topological polar surface area (TPSA) is 41.5 Å². The van der Waals surface area contributed by atoms with Gasteiger partial charge in [-0.2, -0.15) is 0 Å². The van der Waals surface area contributed by atoms with Crippen LogP contribution in [0.3, 0.4) is 0 Å². The van der Waals surface area contributed by atoms with E-state index in [1.165, 1.54) is 31.2 Å². The smallest absolute Gasteiger partial charge is 0.119 e. The molecule has 0 saturated heterocycles. The third-order valence-electron chi connectivity index (χ3n) is 7.16. The van der Waals surface area contributed by atoms with Gasteiger partial charge in [0.05, 0.1) is 0 Å². The minimum absolute atomic E-state index is 0.135. The van der Waals surface area contributed by atoms with Gasteiger partial charge in [-0.15, -0.1) is 0 Å². The summed E-state index contributed by atoms with van der Waals surface area (Å²) in [6.45, 7) is 14.7. The van der Waals surface area contributed by atoms with Crippen molar-refractivity contribution in [1.82, 2.24) is 5.32 Å². The Labute approximate surface area is 178 Å². The Kier molecular flexibility index (Phi) is 7.00. The Morgan fingerprint density at radius 1 is 1.07 bits per heavy atom. The molecule has 0 unspecified atom stereocenters. The first-order valence-electron chi connectivity index (χ1n) is 11.7. The van der Waals surface area contributed by atoms with Crippen LogP contribution in [-0.4, -0.2) is 30.4 Å². The van der Waals surface area contributed by atoms with E-state index in [1.807, 2.05) is 12.1 Å². The van der Waals surface area contributed by atoms with Gasteiger partial charge < -0.3 is 15.2 Å². The minimum atomic E-state index is -0.479. The second-order valence-electron chi connectivity index (χ2n) is 11.6. The van der Waals surface area contributed by atoms with Crippen molar-refractivity contribution in [3.8, 4) is 5.75 Å². The second kappa shape index (κ2) is 8.98. The molecule has 0 spiro atoms. The highest BCUT2D eigenvalue weighted by molar-refractivity contribution is 5.31. The first-order chi connectivity index (χ1) is 13.5. The van der Waals surface area contributed by atoms with Crippen molar-refractivity contribution in [2.45, 2.75) is 91.2 Å². The molecule has 0 aromatic heterocycles. The van der Waals surface area contributed by atoms with Gasteiger partial charge >= 0.3 is 0 Å². The molecule has 1 aromatic rings. The summed E-state index contributed by atoms with van der Waals surface area (Å²) in [4.78, 5) is 0. The van der Waals surface area contributed by atoms with Crippen LogP contribution in [0.15, 0.2) is 24.3 Å². The van der Waals surface area contributed by atoms with Crippen molar-refractivity contribution in [2.75, 3.05) is 13.2 Å². The molecule has 2 bridgehead atoms. The van der Waals surface area contributed by atoms with Crippen LogP contribution in [0.25, 0.3) is 0 Å². The third-order valence-corrected chi connectivity index (χ3v) is 7.16. The molecule has 0 radical (unpaired) electrons. The molecule has 2 N–H and O–H groups in total. The molecule has 2 fully saturated rings. The molecule has 1 aromatic carbocycles. The van der Waals surface area contributed by atoms with Crippen LogP contribution in [0.1, 0.15) is 79.2 Å². The van der Waals surface area contributed by atoms with E-state index < -0.39 is 6.10 Å². The summed E-state index contributed by atoms with van der Waals surface area (Å²) in [6.07, 6.45) is 6.32. The SMILES string of the molecule is C[C@H](NC[C@H](O)COc1ccc(C(C)(C)CC(C)(C)C)cc1)[C@H]1C[C@H]2CC[C@H]1C2. The highest BCUT2D eigenvalue weighted by atomic mass is 16.5. The highest BCUT2D eigenvalue weighted by Crippen LogP contribution is 2.49. The molecule has 3 heteroatoms. The predicted molar refractivity (Wildman–Crippen MR) is 121 cm³/mol. The number of hydrogen-bond acceptors (Lipinski definition) is 3. The quantitative estimate of drug-likeness (QED) is 0.570. The monoisotopic (exact) mass is 401 g/mol. The average molecular weight is 402 g/mol. The fraction of sp³-hybridized carbons (Fsp3) is 0.769. The number of ether oxygens (including phenoxy) is 1. The van der Waals surface area contributed by atoms with Crippen LogP contribution in [0.5, 0.6) is 5.75 Å². The maximum Gasteiger partial charge on any atom is 0.119 e. The molecule has 164 valence electrons. The van der Waals surface area contributed by atoms with Gasteiger partial charge in [-0.25, -0.2) is 0 Å². The van der Waals surface area contributed by atoms with E-state index in [9.17, 15) is 5.11 Å². The van der Waals surface area contributed by atoms with Crippen molar-refractivity contribution in [1.29, 1.82) is 0 Å². The average Bonchev–Trinajstić information content (AvgIpc) is 3.26. The Morgan fingerprint density at radius 3 is 2.31 bits per heavy atom. The van der Waals surface area contributed by atoms with E-state index in [0.29, 0.717) is 24.6 Å². The molecule has 3 rings (SSSR count). The lowest BCUT2D eigenvalue weighted by Gasteiger charge is -2.33. The van der Waals surface area contributed by atoms with Crippen molar-refractivity contribution < 1.29 is 9.84 Å². The Bertz CT molecular complexity index is 646. The molecular formula is C26H43NO2. The van der Waals surface area contributed by atoms with Gasteiger partial charge in [0.25, 0.3) is 0 Å². The van der Waals surface area contributed by atoms with Gasteiger partial charge in [-0.3, -0.25) is 0 Å². The molecule has 0 amide bonds. The number of benzene rings is 1. The number of fused-ring (bicyclic) bond motifs is 2. The van der Waals surface area contributed by atoms with Gasteiger partial charge in [-0.05, 0) is 78.9 Å². The summed E-state index contributed by atoms with van der Waals surface area (Å²) in [5.74, 6) is 3.52. The fourth-order valence-electron chi connectivity index (χ4n) is 6.06. The number of rotatable bonds is 9. The zero-order chi connectivity index (χ0) is 21.2. The van der Waals surface area contributed by atoms with Crippen LogP contribution in [0, 0.1) is 23.2 Å². The van der Waals surface area contributed by atoms with Crippen LogP contribution >= 0.6 is 0 Å². The Balaban J connectivity index is 1.41. The molecule has 3 nitrogen and oxygen atoms in total. The highest BCUT2D eigenvalue weighted by Gasteiger charge is 2.41. The van der Waals surface area contributed by atoms with Gasteiger partial charge in [0.15, 0.2) is 0 Å². The van der Waals surface area contributed by atoms with Crippen LogP contribution in [0.4, 0.5) is 0 Å². The molecular weight excluding hydrogens is 358 g/mol. The predicted octanol–water partition coefficient (Wildman–Crippen LogP) is 5.55. The summed E-state index contributed by atoms with van der Waals surface area (Å²) in [5, 5.41) is 13.9. The van der Waals surface area contributed by atoms with E-state index in [2.05, 4.69) is 59.0 Å². The zero-order valence-corrected chi connectivity index (χ0v) is 19.5. The summed E-state index contributed by atoms with van der Waals surface area (Å²) in [5.41, 5.74) is 1.77. The summed E-state index contributed by atoms with van der Waals surface area (Å²) >= 11 is 0. The van der Waals surface area contributed by atoms with E-state index in [4.69, 9.17) is 4.74 Å². The first kappa shape index (κ1) is 22.6. The summed E-state index contributed by atoms with van der Waals surface area (Å²) in [7, 11) is 0. The van der Waals surface area contributed by atoms with Crippen molar-refractivity contribution in [2.24, 2.45) is 23.2 Å². The Morgan fingerprint density at radius 2 is 1.76 bits per heavy atom. The van der Waals surface area contributed by atoms with Gasteiger partial charge in [0, 0.05) is 12.6 Å². The number of aliphatic hydroxyl groups excluding tert-OH is 1. The zero-order valence-electron chi connectivity index (χ0n) is 19.5. The first-order valence-corrected chi connectivity index (χ1v) is 11.7. The maximum atomic E-state index is 10.4. The van der Waals surface area contributed by atoms with Crippen LogP contribution in [0.2, 0.25) is 0 Å². The van der Waals surface area contributed by atoms with Crippen molar-refractivity contribution in [3.63, 3.8) is 0 Å². The second-order valence-corrected chi connectivity index (χ2v) is 11.6.